The van der Waals surface area contributed by atoms with Crippen LogP contribution in [0.1, 0.15) is 31.1 Å². The third-order valence-corrected chi connectivity index (χ3v) is 3.62. The van der Waals surface area contributed by atoms with Crippen LogP contribution < -0.4 is 5.32 Å². The fraction of sp³-hybridized carbons (Fsp3) is 0.333. The van der Waals surface area contributed by atoms with Crippen molar-refractivity contribution in [1.82, 2.24) is 5.32 Å². The largest absolute Gasteiger partial charge is 0.459 e. The molecule has 1 atom stereocenters. The van der Waals surface area contributed by atoms with Crippen LogP contribution in [0.25, 0.3) is 11.3 Å². The van der Waals surface area contributed by atoms with Gasteiger partial charge in [0.2, 0.25) is 0 Å². The average Bonchev–Trinajstić information content (AvgIpc) is 2.89. The van der Waals surface area contributed by atoms with Crippen LogP contribution in [-0.2, 0) is 0 Å². The van der Waals surface area contributed by atoms with Crippen molar-refractivity contribution in [2.45, 2.75) is 25.3 Å². The third kappa shape index (κ3) is 2.45. The fourth-order valence-corrected chi connectivity index (χ4v) is 2.62. The van der Waals surface area contributed by atoms with Gasteiger partial charge in [-0.05, 0) is 43.7 Å². The first-order valence-corrected chi connectivity index (χ1v) is 6.80. The molecule has 3 heteroatoms. The number of furan rings is 1. The molecule has 0 saturated carbocycles. The highest BCUT2D eigenvalue weighted by Gasteiger charge is 2.18. The quantitative estimate of drug-likeness (QED) is 0.866. The Morgan fingerprint density at radius 3 is 2.89 bits per heavy atom. The number of hydrogen-bond donors (Lipinski definition) is 1. The van der Waals surface area contributed by atoms with E-state index >= 15 is 0 Å². The second-order valence-corrected chi connectivity index (χ2v) is 5.15. The first-order chi connectivity index (χ1) is 8.83. The van der Waals surface area contributed by atoms with E-state index in [1.807, 2.05) is 30.3 Å². The van der Waals surface area contributed by atoms with E-state index in [-0.39, 0.29) is 0 Å². The van der Waals surface area contributed by atoms with Gasteiger partial charge in [-0.2, -0.15) is 0 Å². The van der Waals surface area contributed by atoms with Gasteiger partial charge in [0.25, 0.3) is 0 Å². The van der Waals surface area contributed by atoms with Gasteiger partial charge in [-0.3, -0.25) is 0 Å². The average molecular weight is 262 g/mol. The van der Waals surface area contributed by atoms with Crippen molar-refractivity contribution in [2.75, 3.05) is 6.54 Å². The summed E-state index contributed by atoms with van der Waals surface area (Å²) in [5.41, 5.74) is 1.03. The van der Waals surface area contributed by atoms with Crippen molar-refractivity contribution in [1.29, 1.82) is 0 Å². The summed E-state index contributed by atoms with van der Waals surface area (Å²) in [4.78, 5) is 0. The Bertz CT molecular complexity index is 529. The molecule has 2 heterocycles. The SMILES string of the molecule is Clc1cccc(-c2ccc([C@@H]3CCCCN3)o2)c1. The summed E-state index contributed by atoms with van der Waals surface area (Å²) in [5.74, 6) is 1.92. The van der Waals surface area contributed by atoms with Crippen LogP contribution in [0.4, 0.5) is 0 Å². The highest BCUT2D eigenvalue weighted by molar-refractivity contribution is 6.30. The molecule has 3 rings (SSSR count). The van der Waals surface area contributed by atoms with E-state index in [0.717, 1.165) is 35.1 Å². The molecule has 1 aliphatic heterocycles. The molecule has 0 aliphatic carbocycles. The first-order valence-electron chi connectivity index (χ1n) is 6.42. The van der Waals surface area contributed by atoms with Gasteiger partial charge in [0, 0.05) is 10.6 Å². The second-order valence-electron chi connectivity index (χ2n) is 4.71. The van der Waals surface area contributed by atoms with E-state index in [2.05, 4.69) is 11.4 Å². The Labute approximate surface area is 112 Å². The summed E-state index contributed by atoms with van der Waals surface area (Å²) in [5, 5.41) is 4.23. The van der Waals surface area contributed by atoms with Gasteiger partial charge < -0.3 is 9.73 Å². The predicted octanol–water partition coefficient (Wildman–Crippen LogP) is 4.41. The van der Waals surface area contributed by atoms with E-state index in [9.17, 15) is 0 Å². The Morgan fingerprint density at radius 2 is 2.11 bits per heavy atom. The van der Waals surface area contributed by atoms with Crippen LogP contribution in [-0.4, -0.2) is 6.54 Å². The van der Waals surface area contributed by atoms with Crippen molar-refractivity contribution in [2.24, 2.45) is 0 Å². The molecule has 2 nitrogen and oxygen atoms in total. The smallest absolute Gasteiger partial charge is 0.134 e. The Kier molecular flexibility index (Phi) is 3.39. The molecule has 94 valence electrons. The normalized spacial score (nSPS) is 19.9. The lowest BCUT2D eigenvalue weighted by Gasteiger charge is -2.21. The van der Waals surface area contributed by atoms with Gasteiger partial charge >= 0.3 is 0 Å². The van der Waals surface area contributed by atoms with Gasteiger partial charge in [-0.1, -0.05) is 30.2 Å². The number of halogens is 1. The molecule has 0 amide bonds. The van der Waals surface area contributed by atoms with Gasteiger partial charge in [0.05, 0.1) is 6.04 Å². The monoisotopic (exact) mass is 261 g/mol. The van der Waals surface area contributed by atoms with Crippen LogP contribution in [0, 0.1) is 0 Å². The number of rotatable bonds is 2. The zero-order chi connectivity index (χ0) is 12.4. The summed E-state index contributed by atoms with van der Waals surface area (Å²) in [6.45, 7) is 1.08. The predicted molar refractivity (Wildman–Crippen MR) is 73.7 cm³/mol. The van der Waals surface area contributed by atoms with E-state index in [1.54, 1.807) is 0 Å². The first kappa shape index (κ1) is 11.8. The topological polar surface area (TPSA) is 25.2 Å². The minimum Gasteiger partial charge on any atom is -0.459 e. The minimum absolute atomic E-state index is 0.367. The molecule has 1 aromatic heterocycles. The number of piperidine rings is 1. The maximum absolute atomic E-state index is 6.00. The minimum atomic E-state index is 0.367. The number of nitrogens with one attached hydrogen (secondary N) is 1. The third-order valence-electron chi connectivity index (χ3n) is 3.39. The van der Waals surface area contributed by atoms with E-state index in [0.29, 0.717) is 6.04 Å². The fourth-order valence-electron chi connectivity index (χ4n) is 2.43. The molecule has 2 aromatic rings. The summed E-state index contributed by atoms with van der Waals surface area (Å²) < 4.78 is 5.94. The highest BCUT2D eigenvalue weighted by Crippen LogP contribution is 2.30. The Morgan fingerprint density at radius 1 is 1.17 bits per heavy atom. The lowest BCUT2D eigenvalue weighted by atomic mass is 10.0. The van der Waals surface area contributed by atoms with E-state index in [4.69, 9.17) is 16.0 Å². The van der Waals surface area contributed by atoms with Gasteiger partial charge in [0.1, 0.15) is 11.5 Å². The van der Waals surface area contributed by atoms with Crippen molar-refractivity contribution in [3.63, 3.8) is 0 Å². The molecule has 1 aromatic carbocycles. The molecule has 0 unspecified atom stereocenters. The molecular weight excluding hydrogens is 246 g/mol. The standard InChI is InChI=1S/C15H16ClNO/c16-12-5-3-4-11(10-12)14-7-8-15(18-14)13-6-1-2-9-17-13/h3-5,7-8,10,13,17H,1-2,6,9H2/t13-/m0/s1. The molecule has 0 radical (unpaired) electrons. The number of hydrogen-bond acceptors (Lipinski definition) is 2. The molecule has 1 aliphatic rings. The van der Waals surface area contributed by atoms with Crippen LogP contribution in [0.2, 0.25) is 5.02 Å². The summed E-state index contributed by atoms with van der Waals surface area (Å²) in [6, 6.07) is 12.2. The Hall–Kier alpha value is -1.25. The summed E-state index contributed by atoms with van der Waals surface area (Å²) in [6.07, 6.45) is 3.69. The number of benzene rings is 1. The van der Waals surface area contributed by atoms with Gasteiger partial charge in [-0.25, -0.2) is 0 Å². The maximum atomic E-state index is 6.00. The lowest BCUT2D eigenvalue weighted by molar-refractivity contribution is 0.353. The van der Waals surface area contributed by atoms with Crippen molar-refractivity contribution >= 4 is 11.6 Å². The lowest BCUT2D eigenvalue weighted by Crippen LogP contribution is -2.26. The molecule has 1 N–H and O–H groups in total. The maximum Gasteiger partial charge on any atom is 0.134 e. The highest BCUT2D eigenvalue weighted by atomic mass is 35.5. The zero-order valence-electron chi connectivity index (χ0n) is 10.2. The molecule has 1 fully saturated rings. The molecule has 18 heavy (non-hydrogen) atoms. The van der Waals surface area contributed by atoms with E-state index in [1.165, 1.54) is 12.8 Å². The van der Waals surface area contributed by atoms with Gasteiger partial charge in [-0.15, -0.1) is 0 Å². The van der Waals surface area contributed by atoms with Crippen LogP contribution in [0.3, 0.4) is 0 Å². The van der Waals surface area contributed by atoms with E-state index < -0.39 is 0 Å². The molecule has 0 spiro atoms. The van der Waals surface area contributed by atoms with Crippen LogP contribution in [0.5, 0.6) is 0 Å². The Balaban J connectivity index is 1.84. The zero-order valence-corrected chi connectivity index (χ0v) is 10.9. The van der Waals surface area contributed by atoms with Crippen molar-refractivity contribution in [3.8, 4) is 11.3 Å². The van der Waals surface area contributed by atoms with Crippen molar-refractivity contribution < 1.29 is 4.42 Å². The molecule has 0 bridgehead atoms. The molecular formula is C15H16ClNO. The summed E-state index contributed by atoms with van der Waals surface area (Å²) >= 11 is 6.00. The second kappa shape index (κ2) is 5.17. The van der Waals surface area contributed by atoms with Gasteiger partial charge in [0.15, 0.2) is 0 Å². The van der Waals surface area contributed by atoms with Crippen molar-refractivity contribution in [3.05, 3.63) is 47.2 Å². The van der Waals surface area contributed by atoms with Crippen LogP contribution >= 0.6 is 11.6 Å². The summed E-state index contributed by atoms with van der Waals surface area (Å²) in [7, 11) is 0. The molecule has 1 saturated heterocycles. The van der Waals surface area contributed by atoms with Crippen LogP contribution in [0.15, 0.2) is 40.8 Å².